The summed E-state index contributed by atoms with van der Waals surface area (Å²) in [5.74, 6) is 1.82. The summed E-state index contributed by atoms with van der Waals surface area (Å²) in [6, 6.07) is 16.6. The fourth-order valence-electron chi connectivity index (χ4n) is 2.84. The number of ether oxygens (including phenoxy) is 1. The topological polar surface area (TPSA) is 16.4 Å². The van der Waals surface area contributed by atoms with Crippen molar-refractivity contribution in [2.45, 2.75) is 6.92 Å². The first-order valence-corrected chi connectivity index (χ1v) is 8.23. The van der Waals surface area contributed by atoms with Crippen LogP contribution in [0.15, 0.2) is 54.4 Å². The molecule has 1 aliphatic rings. The molecule has 0 aliphatic carbocycles. The molecule has 3 aromatic rings. The summed E-state index contributed by atoms with van der Waals surface area (Å²) in [6.07, 6.45) is 2.13. The minimum atomic E-state index is 0.886. The van der Waals surface area contributed by atoms with Crippen LogP contribution in [0.2, 0.25) is 0 Å². The Morgan fingerprint density at radius 3 is 2.73 bits per heavy atom. The maximum atomic E-state index is 6.05. The normalized spacial score (nSPS) is 15.4. The van der Waals surface area contributed by atoms with E-state index in [9.17, 15) is 0 Å². The summed E-state index contributed by atoms with van der Waals surface area (Å²) in [7, 11) is 2.10. The van der Waals surface area contributed by atoms with E-state index in [0.29, 0.717) is 0 Å². The van der Waals surface area contributed by atoms with E-state index in [2.05, 4.69) is 59.8 Å². The average Bonchev–Trinajstić information content (AvgIpc) is 3.06. The van der Waals surface area contributed by atoms with Crippen molar-refractivity contribution in [3.63, 3.8) is 0 Å². The van der Waals surface area contributed by atoms with E-state index in [4.69, 9.17) is 4.74 Å². The fraction of sp³-hybridized carbons (Fsp3) is 0.167. The largest absolute Gasteiger partial charge is 0.438 e. The zero-order chi connectivity index (χ0) is 15.1. The SMILES string of the molecule is CCN1C(=Cc2sc3ccccc3[n+]2C)Oc2ccccc21. The molecule has 4 heteroatoms. The maximum Gasteiger partial charge on any atom is 0.267 e. The van der Waals surface area contributed by atoms with Gasteiger partial charge in [-0.3, -0.25) is 0 Å². The van der Waals surface area contributed by atoms with Crippen LogP contribution < -0.4 is 14.2 Å². The zero-order valence-electron chi connectivity index (χ0n) is 12.6. The molecule has 0 saturated carbocycles. The number of benzene rings is 2. The Balaban J connectivity index is 1.81. The van der Waals surface area contributed by atoms with Crippen LogP contribution in [0.5, 0.6) is 5.75 Å². The van der Waals surface area contributed by atoms with Crippen LogP contribution in [0.25, 0.3) is 16.3 Å². The molecule has 1 aromatic heterocycles. The number of aryl methyl sites for hydroxylation is 1. The highest BCUT2D eigenvalue weighted by molar-refractivity contribution is 7.18. The van der Waals surface area contributed by atoms with Crippen LogP contribution >= 0.6 is 11.3 Å². The molecule has 0 fully saturated rings. The number of para-hydroxylation sites is 3. The Kier molecular flexibility index (Phi) is 3.12. The average molecular weight is 309 g/mol. The number of nitrogens with zero attached hydrogens (tertiary/aromatic N) is 2. The minimum absolute atomic E-state index is 0.886. The Hall–Kier alpha value is -2.33. The van der Waals surface area contributed by atoms with E-state index in [-0.39, 0.29) is 0 Å². The third-order valence-electron chi connectivity index (χ3n) is 3.97. The van der Waals surface area contributed by atoms with E-state index in [1.165, 1.54) is 15.2 Å². The van der Waals surface area contributed by atoms with Crippen molar-refractivity contribution in [2.24, 2.45) is 7.05 Å². The smallest absolute Gasteiger partial charge is 0.267 e. The van der Waals surface area contributed by atoms with Crippen molar-refractivity contribution in [3.8, 4) is 5.75 Å². The standard InChI is InChI=1S/C18H17N2OS/c1-3-20-13-8-4-6-10-15(13)21-17(20)12-18-19(2)14-9-5-7-11-16(14)22-18/h4-12H,3H2,1-2H3/q+1. The molecule has 0 amide bonds. The van der Waals surface area contributed by atoms with E-state index in [1.54, 1.807) is 11.3 Å². The summed E-state index contributed by atoms with van der Waals surface area (Å²) >= 11 is 1.78. The lowest BCUT2D eigenvalue weighted by atomic mass is 10.3. The molecule has 1 aliphatic heterocycles. The lowest BCUT2D eigenvalue weighted by Gasteiger charge is -2.14. The molecule has 2 aromatic carbocycles. The molecule has 4 rings (SSSR count). The van der Waals surface area contributed by atoms with Gasteiger partial charge in [-0.25, -0.2) is 0 Å². The summed E-state index contributed by atoms with van der Waals surface area (Å²) in [6.45, 7) is 3.03. The summed E-state index contributed by atoms with van der Waals surface area (Å²) in [5, 5.41) is 1.18. The fourth-order valence-corrected chi connectivity index (χ4v) is 3.92. The number of thiazole rings is 1. The van der Waals surface area contributed by atoms with Crippen molar-refractivity contribution in [1.29, 1.82) is 0 Å². The van der Waals surface area contributed by atoms with Crippen molar-refractivity contribution >= 4 is 33.3 Å². The van der Waals surface area contributed by atoms with Gasteiger partial charge in [-0.1, -0.05) is 35.6 Å². The van der Waals surface area contributed by atoms with Gasteiger partial charge in [0, 0.05) is 12.6 Å². The molecular weight excluding hydrogens is 292 g/mol. The van der Waals surface area contributed by atoms with Crippen LogP contribution in [0.3, 0.4) is 0 Å². The predicted octanol–water partition coefficient (Wildman–Crippen LogP) is 3.94. The van der Waals surface area contributed by atoms with Gasteiger partial charge >= 0.3 is 0 Å². The first-order valence-electron chi connectivity index (χ1n) is 7.41. The molecule has 22 heavy (non-hydrogen) atoms. The number of hydrogen-bond acceptors (Lipinski definition) is 3. The number of anilines is 1. The van der Waals surface area contributed by atoms with Gasteiger partial charge < -0.3 is 9.64 Å². The molecule has 0 unspecified atom stereocenters. The second-order valence-electron chi connectivity index (χ2n) is 5.26. The second kappa shape index (κ2) is 5.14. The Labute approximate surface area is 133 Å². The number of aromatic nitrogens is 1. The quantitative estimate of drug-likeness (QED) is 0.667. The maximum absolute atomic E-state index is 6.05. The number of rotatable bonds is 2. The van der Waals surface area contributed by atoms with Crippen molar-refractivity contribution in [1.82, 2.24) is 0 Å². The van der Waals surface area contributed by atoms with Crippen LogP contribution in [0.1, 0.15) is 11.9 Å². The van der Waals surface area contributed by atoms with Crippen LogP contribution in [0.4, 0.5) is 5.69 Å². The van der Waals surface area contributed by atoms with Gasteiger partial charge in [0.1, 0.15) is 11.7 Å². The molecule has 110 valence electrons. The molecule has 3 nitrogen and oxygen atoms in total. The Bertz CT molecular complexity index is 882. The Morgan fingerprint density at radius 2 is 1.91 bits per heavy atom. The summed E-state index contributed by atoms with van der Waals surface area (Å²) in [4.78, 5) is 2.21. The van der Waals surface area contributed by atoms with E-state index < -0.39 is 0 Å². The first kappa shape index (κ1) is 13.3. The molecule has 0 bridgehead atoms. The van der Waals surface area contributed by atoms with Crippen LogP contribution in [-0.2, 0) is 7.05 Å². The number of fused-ring (bicyclic) bond motifs is 2. The Morgan fingerprint density at radius 1 is 1.14 bits per heavy atom. The third kappa shape index (κ3) is 1.99. The third-order valence-corrected chi connectivity index (χ3v) is 5.14. The lowest BCUT2D eigenvalue weighted by molar-refractivity contribution is -0.642. The van der Waals surface area contributed by atoms with Gasteiger partial charge in [0.15, 0.2) is 5.75 Å². The lowest BCUT2D eigenvalue weighted by Crippen LogP contribution is -2.29. The van der Waals surface area contributed by atoms with Crippen LogP contribution in [0, 0.1) is 0 Å². The van der Waals surface area contributed by atoms with Gasteiger partial charge in [-0.2, -0.15) is 4.57 Å². The number of hydrogen-bond donors (Lipinski definition) is 0. The highest BCUT2D eigenvalue weighted by Gasteiger charge is 2.26. The van der Waals surface area contributed by atoms with Gasteiger partial charge in [-0.15, -0.1) is 0 Å². The highest BCUT2D eigenvalue weighted by Crippen LogP contribution is 2.39. The van der Waals surface area contributed by atoms with Crippen molar-refractivity contribution < 1.29 is 9.30 Å². The highest BCUT2D eigenvalue weighted by atomic mass is 32.1. The first-order chi connectivity index (χ1) is 10.8. The zero-order valence-corrected chi connectivity index (χ0v) is 13.4. The molecule has 2 heterocycles. The monoisotopic (exact) mass is 309 g/mol. The molecule has 0 spiro atoms. The van der Waals surface area contributed by atoms with Crippen molar-refractivity contribution in [2.75, 3.05) is 11.4 Å². The molecule has 0 N–H and O–H groups in total. The predicted molar refractivity (Wildman–Crippen MR) is 91.1 cm³/mol. The van der Waals surface area contributed by atoms with Crippen LogP contribution in [-0.4, -0.2) is 6.54 Å². The van der Waals surface area contributed by atoms with Gasteiger partial charge in [0.2, 0.25) is 11.4 Å². The molecular formula is C18H17N2OS+. The van der Waals surface area contributed by atoms with Crippen molar-refractivity contribution in [3.05, 3.63) is 59.4 Å². The molecule has 0 radical (unpaired) electrons. The second-order valence-corrected chi connectivity index (χ2v) is 6.33. The molecule has 0 atom stereocenters. The minimum Gasteiger partial charge on any atom is -0.438 e. The van der Waals surface area contributed by atoms with E-state index >= 15 is 0 Å². The van der Waals surface area contributed by atoms with E-state index in [1.807, 2.05) is 18.2 Å². The van der Waals surface area contributed by atoms with Gasteiger partial charge in [-0.05, 0) is 25.1 Å². The van der Waals surface area contributed by atoms with Gasteiger partial charge in [0.25, 0.3) is 5.01 Å². The van der Waals surface area contributed by atoms with Gasteiger partial charge in [0.05, 0.1) is 11.8 Å². The molecule has 0 saturated heterocycles. The summed E-state index contributed by atoms with van der Waals surface area (Å²) in [5.41, 5.74) is 2.39. The summed E-state index contributed by atoms with van der Waals surface area (Å²) < 4.78 is 9.55. The van der Waals surface area contributed by atoms with E-state index in [0.717, 1.165) is 23.9 Å².